The highest BCUT2D eigenvalue weighted by molar-refractivity contribution is 5.97. The average molecular weight is 312 g/mol. The lowest BCUT2D eigenvalue weighted by atomic mass is 10.0. The molecule has 0 fully saturated rings. The van der Waals surface area contributed by atoms with Gasteiger partial charge in [0, 0.05) is 18.9 Å². The van der Waals surface area contributed by atoms with E-state index >= 15 is 0 Å². The Balaban J connectivity index is 1.70. The summed E-state index contributed by atoms with van der Waals surface area (Å²) in [5.41, 5.74) is 1.43. The van der Waals surface area contributed by atoms with E-state index in [1.54, 1.807) is 24.3 Å². The third-order valence-electron chi connectivity index (χ3n) is 3.41. The Labute approximate surface area is 133 Å². The molecule has 1 aliphatic heterocycles. The summed E-state index contributed by atoms with van der Waals surface area (Å²) in [6, 6.07) is 12.0. The number of carbonyl (C=O) groups excluding carboxylic acids is 2. The lowest BCUT2D eigenvalue weighted by Crippen LogP contribution is -2.15. The van der Waals surface area contributed by atoms with Crippen molar-refractivity contribution in [2.24, 2.45) is 0 Å². The molecule has 2 aromatic rings. The predicted octanol–water partition coefficient (Wildman–Crippen LogP) is 2.81. The molecule has 0 atom stereocenters. The summed E-state index contributed by atoms with van der Waals surface area (Å²) in [4.78, 5) is 23.2. The zero-order chi connectivity index (χ0) is 16.2. The Morgan fingerprint density at radius 1 is 1.00 bits per heavy atom. The molecule has 23 heavy (non-hydrogen) atoms. The number of hydrogen-bond acceptors (Lipinski definition) is 5. The fourth-order valence-corrected chi connectivity index (χ4v) is 2.36. The van der Waals surface area contributed by atoms with Crippen LogP contribution < -0.4 is 14.2 Å². The van der Waals surface area contributed by atoms with Crippen molar-refractivity contribution in [3.63, 3.8) is 0 Å². The summed E-state index contributed by atoms with van der Waals surface area (Å²) in [5, 5.41) is 0. The number of ketones is 1. The van der Waals surface area contributed by atoms with E-state index in [0.29, 0.717) is 36.0 Å². The first-order chi connectivity index (χ1) is 11.1. The number of hydrogen-bond donors (Lipinski definition) is 0. The zero-order valence-corrected chi connectivity index (χ0v) is 12.7. The molecule has 3 rings (SSSR count). The highest BCUT2D eigenvalue weighted by atomic mass is 16.6. The van der Waals surface area contributed by atoms with Gasteiger partial charge in [-0.15, -0.1) is 0 Å². The van der Waals surface area contributed by atoms with Gasteiger partial charge < -0.3 is 14.2 Å². The second-order valence-electron chi connectivity index (χ2n) is 5.20. The Kier molecular flexibility index (Phi) is 4.28. The molecule has 0 saturated heterocycles. The second kappa shape index (κ2) is 6.52. The van der Waals surface area contributed by atoms with Gasteiger partial charge in [-0.05, 0) is 42.0 Å². The van der Waals surface area contributed by atoms with Crippen LogP contribution in [-0.4, -0.2) is 25.0 Å². The molecule has 0 spiro atoms. The largest absolute Gasteiger partial charge is 0.486 e. The van der Waals surface area contributed by atoms with E-state index in [4.69, 9.17) is 14.2 Å². The van der Waals surface area contributed by atoms with Crippen LogP contribution in [0.4, 0.5) is 0 Å². The van der Waals surface area contributed by atoms with Crippen molar-refractivity contribution in [3.05, 3.63) is 53.6 Å². The first-order valence-corrected chi connectivity index (χ1v) is 7.32. The number of ether oxygens (including phenoxy) is 3. The fourth-order valence-electron chi connectivity index (χ4n) is 2.36. The van der Waals surface area contributed by atoms with E-state index < -0.39 is 0 Å². The average Bonchev–Trinajstić information content (AvgIpc) is 2.55. The monoisotopic (exact) mass is 312 g/mol. The van der Waals surface area contributed by atoms with Crippen LogP contribution in [0.1, 0.15) is 22.8 Å². The van der Waals surface area contributed by atoms with Crippen LogP contribution in [0.25, 0.3) is 0 Å². The Bertz CT molecular complexity index is 734. The number of fused-ring (bicyclic) bond motifs is 1. The van der Waals surface area contributed by atoms with Gasteiger partial charge in [0.2, 0.25) is 0 Å². The normalized spacial score (nSPS) is 12.6. The minimum absolute atomic E-state index is 0.0175. The van der Waals surface area contributed by atoms with Crippen molar-refractivity contribution in [3.8, 4) is 17.2 Å². The topological polar surface area (TPSA) is 61.8 Å². The highest BCUT2D eigenvalue weighted by Crippen LogP contribution is 2.31. The quantitative estimate of drug-likeness (QED) is 0.493. The summed E-state index contributed by atoms with van der Waals surface area (Å²) >= 11 is 0. The molecule has 0 bridgehead atoms. The van der Waals surface area contributed by atoms with Crippen LogP contribution in [0.2, 0.25) is 0 Å². The molecule has 0 radical (unpaired) electrons. The number of rotatable bonds is 4. The molecule has 1 heterocycles. The first kappa shape index (κ1) is 15.1. The number of Topliss-reactive ketones (excluding diaryl/α,β-unsaturated/α-hetero) is 1. The number of carbonyl (C=O) groups is 2. The summed E-state index contributed by atoms with van der Waals surface area (Å²) in [7, 11) is 0. The van der Waals surface area contributed by atoms with Crippen LogP contribution in [-0.2, 0) is 11.2 Å². The van der Waals surface area contributed by atoms with Crippen molar-refractivity contribution in [2.75, 3.05) is 13.2 Å². The maximum atomic E-state index is 12.3. The summed E-state index contributed by atoms with van der Waals surface area (Å²) in [6.07, 6.45) is 0.267. The molecular weight excluding hydrogens is 296 g/mol. The molecule has 0 aromatic heterocycles. The van der Waals surface area contributed by atoms with Crippen LogP contribution in [0.15, 0.2) is 42.5 Å². The third-order valence-corrected chi connectivity index (χ3v) is 3.41. The van der Waals surface area contributed by atoms with Crippen LogP contribution >= 0.6 is 0 Å². The maximum Gasteiger partial charge on any atom is 0.308 e. The summed E-state index contributed by atoms with van der Waals surface area (Å²) < 4.78 is 15.9. The van der Waals surface area contributed by atoms with Gasteiger partial charge in [-0.25, -0.2) is 0 Å². The second-order valence-corrected chi connectivity index (χ2v) is 5.20. The molecule has 0 aliphatic carbocycles. The lowest BCUT2D eigenvalue weighted by molar-refractivity contribution is -0.131. The van der Waals surface area contributed by atoms with E-state index in [-0.39, 0.29) is 18.2 Å². The minimum Gasteiger partial charge on any atom is -0.486 e. The predicted molar refractivity (Wildman–Crippen MR) is 83.2 cm³/mol. The van der Waals surface area contributed by atoms with Gasteiger partial charge in [0.25, 0.3) is 0 Å². The Hall–Kier alpha value is -2.82. The minimum atomic E-state index is -0.389. The highest BCUT2D eigenvalue weighted by Gasteiger charge is 2.14. The molecule has 0 amide bonds. The fraction of sp³-hybridized carbons (Fsp3) is 0.222. The van der Waals surface area contributed by atoms with Gasteiger partial charge in [-0.1, -0.05) is 6.07 Å². The Morgan fingerprint density at radius 3 is 2.39 bits per heavy atom. The molecule has 1 aliphatic rings. The van der Waals surface area contributed by atoms with Crippen molar-refractivity contribution >= 4 is 11.8 Å². The smallest absolute Gasteiger partial charge is 0.308 e. The van der Waals surface area contributed by atoms with E-state index in [0.717, 1.165) is 5.56 Å². The van der Waals surface area contributed by atoms with E-state index in [1.165, 1.54) is 6.92 Å². The summed E-state index contributed by atoms with van der Waals surface area (Å²) in [6.45, 7) is 2.39. The van der Waals surface area contributed by atoms with Crippen LogP contribution in [0.3, 0.4) is 0 Å². The van der Waals surface area contributed by atoms with Gasteiger partial charge in [0.05, 0.1) is 0 Å². The SMILES string of the molecule is CC(=O)Oc1ccc(C(=O)Cc2ccc3c(c2)OCCO3)cc1. The molecule has 0 N–H and O–H groups in total. The standard InChI is InChI=1S/C18H16O5/c1-12(19)23-15-5-3-14(4-6-15)16(20)10-13-2-7-17-18(11-13)22-9-8-21-17/h2-7,11H,8-10H2,1H3. The van der Waals surface area contributed by atoms with Gasteiger partial charge in [0.15, 0.2) is 17.3 Å². The van der Waals surface area contributed by atoms with Crippen LogP contribution in [0, 0.1) is 0 Å². The number of esters is 1. The van der Waals surface area contributed by atoms with Crippen molar-refractivity contribution < 1.29 is 23.8 Å². The maximum absolute atomic E-state index is 12.3. The van der Waals surface area contributed by atoms with Gasteiger partial charge in [-0.3, -0.25) is 9.59 Å². The lowest BCUT2D eigenvalue weighted by Gasteiger charge is -2.18. The molecule has 0 saturated carbocycles. The molecular formula is C18H16O5. The van der Waals surface area contributed by atoms with Crippen molar-refractivity contribution in [2.45, 2.75) is 13.3 Å². The molecule has 5 nitrogen and oxygen atoms in total. The van der Waals surface area contributed by atoms with E-state index in [9.17, 15) is 9.59 Å². The van der Waals surface area contributed by atoms with E-state index in [2.05, 4.69) is 0 Å². The summed E-state index contributed by atoms with van der Waals surface area (Å²) in [5.74, 6) is 1.40. The molecule has 118 valence electrons. The molecule has 5 heteroatoms. The van der Waals surface area contributed by atoms with Gasteiger partial charge in [-0.2, -0.15) is 0 Å². The van der Waals surface area contributed by atoms with Crippen molar-refractivity contribution in [1.29, 1.82) is 0 Å². The molecule has 0 unspecified atom stereocenters. The molecule has 2 aromatic carbocycles. The van der Waals surface area contributed by atoms with Crippen molar-refractivity contribution in [1.82, 2.24) is 0 Å². The first-order valence-electron chi connectivity index (χ1n) is 7.32. The Morgan fingerprint density at radius 2 is 1.70 bits per heavy atom. The van der Waals surface area contributed by atoms with E-state index in [1.807, 2.05) is 18.2 Å². The zero-order valence-electron chi connectivity index (χ0n) is 12.7. The number of benzene rings is 2. The van der Waals surface area contributed by atoms with Gasteiger partial charge in [0.1, 0.15) is 19.0 Å². The van der Waals surface area contributed by atoms with Crippen LogP contribution in [0.5, 0.6) is 17.2 Å². The third kappa shape index (κ3) is 3.69. The van der Waals surface area contributed by atoms with Gasteiger partial charge >= 0.3 is 5.97 Å².